The van der Waals surface area contributed by atoms with Gasteiger partial charge in [0, 0.05) is 18.2 Å². The van der Waals surface area contributed by atoms with Crippen LogP contribution in [-0.4, -0.2) is 30.4 Å². The Labute approximate surface area is 126 Å². The molecule has 0 unspecified atom stereocenters. The summed E-state index contributed by atoms with van der Waals surface area (Å²) in [6.07, 6.45) is 4.72. The van der Waals surface area contributed by atoms with E-state index in [0.29, 0.717) is 30.6 Å². The Kier molecular flexibility index (Phi) is 5.74. The van der Waals surface area contributed by atoms with Gasteiger partial charge in [0.2, 0.25) is 5.91 Å². The number of nitrogens with one attached hydrogen (secondary N) is 1. The predicted octanol–water partition coefficient (Wildman–Crippen LogP) is 2.95. The van der Waals surface area contributed by atoms with Crippen molar-refractivity contribution in [1.29, 1.82) is 0 Å². The molecule has 0 bridgehead atoms. The highest BCUT2D eigenvalue weighted by Crippen LogP contribution is 2.23. The number of likely N-dealkylation sites (N-methyl/N-ethyl adjacent to an activating group) is 1. The van der Waals surface area contributed by atoms with E-state index in [1.54, 1.807) is 12.1 Å². The first-order chi connectivity index (χ1) is 10.1. The average Bonchev–Trinajstić information content (AvgIpc) is 2.44. The van der Waals surface area contributed by atoms with E-state index < -0.39 is 0 Å². The molecule has 4 heteroatoms. The van der Waals surface area contributed by atoms with Crippen molar-refractivity contribution in [3.8, 4) is 0 Å². The standard InChI is InChI=1S/C17H25FN2O/c1-13-7-3-6-10-16(13)19-17(21)12-20(2)11-14-8-4-5-9-15(14)18/h4-5,8-9,13,16H,3,6-7,10-12H2,1-2H3,(H,19,21)/t13-,16+/m1/s1. The third-order valence-electron chi connectivity index (χ3n) is 4.27. The smallest absolute Gasteiger partial charge is 0.234 e. The van der Waals surface area contributed by atoms with Crippen molar-refractivity contribution in [2.24, 2.45) is 5.92 Å². The number of hydrogen-bond acceptors (Lipinski definition) is 2. The Morgan fingerprint density at radius 3 is 2.76 bits per heavy atom. The SMILES string of the molecule is C[C@@H]1CCCC[C@@H]1NC(=O)CN(C)Cc1ccccc1F. The van der Waals surface area contributed by atoms with E-state index in [-0.39, 0.29) is 11.7 Å². The molecular formula is C17H25FN2O. The highest BCUT2D eigenvalue weighted by molar-refractivity contribution is 5.78. The van der Waals surface area contributed by atoms with Gasteiger partial charge in [0.15, 0.2) is 0 Å². The van der Waals surface area contributed by atoms with Gasteiger partial charge in [0.05, 0.1) is 6.54 Å². The number of halogens is 1. The number of rotatable bonds is 5. The van der Waals surface area contributed by atoms with E-state index in [0.717, 1.165) is 6.42 Å². The van der Waals surface area contributed by atoms with Gasteiger partial charge in [-0.3, -0.25) is 9.69 Å². The fourth-order valence-electron chi connectivity index (χ4n) is 3.00. The number of benzene rings is 1. The van der Waals surface area contributed by atoms with Crippen molar-refractivity contribution in [2.75, 3.05) is 13.6 Å². The number of carbonyl (C=O) groups excluding carboxylic acids is 1. The van der Waals surface area contributed by atoms with Crippen LogP contribution < -0.4 is 5.32 Å². The van der Waals surface area contributed by atoms with Crippen molar-refractivity contribution in [1.82, 2.24) is 10.2 Å². The van der Waals surface area contributed by atoms with Gasteiger partial charge in [0.1, 0.15) is 5.82 Å². The van der Waals surface area contributed by atoms with Gasteiger partial charge in [-0.15, -0.1) is 0 Å². The second kappa shape index (κ2) is 7.55. The Bertz CT molecular complexity index is 478. The van der Waals surface area contributed by atoms with E-state index >= 15 is 0 Å². The molecule has 1 fully saturated rings. The maximum absolute atomic E-state index is 13.6. The van der Waals surface area contributed by atoms with Gasteiger partial charge in [-0.25, -0.2) is 4.39 Å². The quantitative estimate of drug-likeness (QED) is 0.905. The summed E-state index contributed by atoms with van der Waals surface area (Å²) >= 11 is 0. The lowest BCUT2D eigenvalue weighted by molar-refractivity contribution is -0.123. The summed E-state index contributed by atoms with van der Waals surface area (Å²) in [6.45, 7) is 2.95. The molecule has 3 nitrogen and oxygen atoms in total. The second-order valence-electron chi connectivity index (χ2n) is 6.20. The third-order valence-corrected chi connectivity index (χ3v) is 4.27. The molecule has 0 spiro atoms. The lowest BCUT2D eigenvalue weighted by Crippen LogP contribution is -2.44. The molecule has 0 radical (unpaired) electrons. The summed E-state index contributed by atoms with van der Waals surface area (Å²) in [5, 5.41) is 3.13. The number of carbonyl (C=O) groups is 1. The molecule has 0 heterocycles. The van der Waals surface area contributed by atoms with Crippen LogP contribution in [0.2, 0.25) is 0 Å². The van der Waals surface area contributed by atoms with Gasteiger partial charge < -0.3 is 5.32 Å². The molecule has 2 atom stereocenters. The second-order valence-corrected chi connectivity index (χ2v) is 6.20. The molecule has 1 aliphatic rings. The molecule has 0 saturated heterocycles. The van der Waals surface area contributed by atoms with Crippen LogP contribution in [-0.2, 0) is 11.3 Å². The van der Waals surface area contributed by atoms with E-state index in [4.69, 9.17) is 0 Å². The maximum atomic E-state index is 13.6. The van der Waals surface area contributed by atoms with Crippen LogP contribution in [0.25, 0.3) is 0 Å². The van der Waals surface area contributed by atoms with Crippen molar-refractivity contribution in [3.05, 3.63) is 35.6 Å². The summed E-state index contributed by atoms with van der Waals surface area (Å²) in [7, 11) is 1.84. The minimum Gasteiger partial charge on any atom is -0.352 e. The Hall–Kier alpha value is -1.42. The zero-order valence-electron chi connectivity index (χ0n) is 12.9. The molecule has 1 aromatic carbocycles. The highest BCUT2D eigenvalue weighted by atomic mass is 19.1. The van der Waals surface area contributed by atoms with Crippen molar-refractivity contribution in [2.45, 2.75) is 45.2 Å². The predicted molar refractivity (Wildman–Crippen MR) is 82.3 cm³/mol. The largest absolute Gasteiger partial charge is 0.352 e. The van der Waals surface area contributed by atoms with Crippen LogP contribution in [0.1, 0.15) is 38.2 Å². The summed E-state index contributed by atoms with van der Waals surface area (Å²) in [4.78, 5) is 13.9. The molecule has 1 aliphatic carbocycles. The monoisotopic (exact) mass is 292 g/mol. The van der Waals surface area contributed by atoms with E-state index in [1.807, 2.05) is 18.0 Å². The van der Waals surface area contributed by atoms with E-state index in [9.17, 15) is 9.18 Å². The molecular weight excluding hydrogens is 267 g/mol. The Morgan fingerprint density at radius 1 is 1.33 bits per heavy atom. The molecule has 1 saturated carbocycles. The first kappa shape index (κ1) is 16.0. The van der Waals surface area contributed by atoms with Crippen LogP contribution in [0.3, 0.4) is 0 Å². The zero-order chi connectivity index (χ0) is 15.2. The minimum atomic E-state index is -0.217. The van der Waals surface area contributed by atoms with Crippen LogP contribution in [0.15, 0.2) is 24.3 Å². The van der Waals surface area contributed by atoms with Crippen molar-refractivity contribution < 1.29 is 9.18 Å². The summed E-state index contributed by atoms with van der Waals surface area (Å²) in [6, 6.07) is 7.00. The summed E-state index contributed by atoms with van der Waals surface area (Å²) in [5.41, 5.74) is 0.624. The Morgan fingerprint density at radius 2 is 2.05 bits per heavy atom. The van der Waals surface area contributed by atoms with Gasteiger partial charge in [-0.05, 0) is 31.9 Å². The van der Waals surface area contributed by atoms with Crippen LogP contribution in [0.5, 0.6) is 0 Å². The van der Waals surface area contributed by atoms with E-state index in [2.05, 4.69) is 12.2 Å². The third kappa shape index (κ3) is 4.81. The lowest BCUT2D eigenvalue weighted by atomic mass is 9.86. The normalized spacial score (nSPS) is 22.3. The van der Waals surface area contributed by atoms with Gasteiger partial charge >= 0.3 is 0 Å². The number of hydrogen-bond donors (Lipinski definition) is 1. The first-order valence-corrected chi connectivity index (χ1v) is 7.77. The van der Waals surface area contributed by atoms with Crippen LogP contribution in [0, 0.1) is 11.7 Å². The minimum absolute atomic E-state index is 0.0348. The molecule has 1 N–H and O–H groups in total. The summed E-state index contributed by atoms with van der Waals surface area (Å²) < 4.78 is 13.6. The van der Waals surface area contributed by atoms with Gasteiger partial charge in [-0.2, -0.15) is 0 Å². The highest BCUT2D eigenvalue weighted by Gasteiger charge is 2.23. The van der Waals surface area contributed by atoms with Crippen molar-refractivity contribution in [3.63, 3.8) is 0 Å². The van der Waals surface area contributed by atoms with Crippen LogP contribution >= 0.6 is 0 Å². The van der Waals surface area contributed by atoms with Gasteiger partial charge in [0.25, 0.3) is 0 Å². The topological polar surface area (TPSA) is 32.3 Å². The number of nitrogens with zero attached hydrogens (tertiary/aromatic N) is 1. The van der Waals surface area contributed by atoms with E-state index in [1.165, 1.54) is 25.3 Å². The molecule has 2 rings (SSSR count). The maximum Gasteiger partial charge on any atom is 0.234 e. The molecule has 0 aromatic heterocycles. The lowest BCUT2D eigenvalue weighted by Gasteiger charge is -2.30. The number of amides is 1. The van der Waals surface area contributed by atoms with Crippen molar-refractivity contribution >= 4 is 5.91 Å². The van der Waals surface area contributed by atoms with Gasteiger partial charge in [-0.1, -0.05) is 38.0 Å². The molecule has 1 aromatic rings. The molecule has 21 heavy (non-hydrogen) atoms. The van der Waals surface area contributed by atoms with Crippen LogP contribution in [0.4, 0.5) is 4.39 Å². The summed E-state index contributed by atoms with van der Waals surface area (Å²) in [5.74, 6) is 0.373. The Balaban J connectivity index is 1.80. The molecule has 0 aliphatic heterocycles. The molecule has 1 amide bonds. The first-order valence-electron chi connectivity index (χ1n) is 7.77. The fraction of sp³-hybridized carbons (Fsp3) is 0.588. The fourth-order valence-corrected chi connectivity index (χ4v) is 3.00. The average molecular weight is 292 g/mol. The molecule has 116 valence electrons. The zero-order valence-corrected chi connectivity index (χ0v) is 12.9.